The van der Waals surface area contributed by atoms with Gasteiger partial charge in [0, 0.05) is 25.8 Å². The Morgan fingerprint density at radius 3 is 2.44 bits per heavy atom. The molecule has 1 atom stereocenters. The maximum Gasteiger partial charge on any atom is 0.245 e. The fourth-order valence-corrected chi connectivity index (χ4v) is 3.41. The Labute approximate surface area is 159 Å². The van der Waals surface area contributed by atoms with E-state index >= 15 is 0 Å². The molecule has 0 N–H and O–H groups in total. The van der Waals surface area contributed by atoms with Crippen LogP contribution in [0.3, 0.4) is 0 Å². The number of piperidine rings is 1. The Morgan fingerprint density at radius 2 is 1.81 bits per heavy atom. The molecule has 0 radical (unpaired) electrons. The van der Waals surface area contributed by atoms with Crippen molar-refractivity contribution in [3.05, 3.63) is 18.3 Å². The van der Waals surface area contributed by atoms with Crippen LogP contribution >= 0.6 is 0 Å². The molecule has 1 aliphatic heterocycles. The van der Waals surface area contributed by atoms with Gasteiger partial charge in [-0.05, 0) is 30.9 Å². The highest BCUT2D eigenvalue weighted by Crippen LogP contribution is 2.40. The van der Waals surface area contributed by atoms with E-state index in [9.17, 15) is 0 Å². The minimum atomic E-state index is 0.484. The van der Waals surface area contributed by atoms with Gasteiger partial charge in [0.15, 0.2) is 11.5 Å². The van der Waals surface area contributed by atoms with Crippen molar-refractivity contribution in [2.24, 2.45) is 5.92 Å². The average molecular weight is 374 g/mol. The number of anilines is 1. The Morgan fingerprint density at radius 1 is 1.07 bits per heavy atom. The van der Waals surface area contributed by atoms with Gasteiger partial charge in [-0.25, -0.2) is 4.98 Å². The van der Waals surface area contributed by atoms with Crippen LogP contribution < -0.4 is 19.1 Å². The van der Waals surface area contributed by atoms with Crippen LogP contribution in [0.4, 0.5) is 5.95 Å². The molecule has 1 aromatic heterocycles. The summed E-state index contributed by atoms with van der Waals surface area (Å²) in [7, 11) is 6.50. The molecule has 3 rings (SSSR count). The number of aromatic nitrogens is 3. The van der Waals surface area contributed by atoms with Crippen molar-refractivity contribution >= 4 is 5.95 Å². The predicted molar refractivity (Wildman–Crippen MR) is 102 cm³/mol. The lowest BCUT2D eigenvalue weighted by Gasteiger charge is -2.32. The summed E-state index contributed by atoms with van der Waals surface area (Å²) < 4.78 is 21.6. The number of methoxy groups -OCH3 is 4. The first kappa shape index (κ1) is 19.2. The van der Waals surface area contributed by atoms with Crippen LogP contribution in [-0.2, 0) is 4.74 Å². The number of benzene rings is 1. The van der Waals surface area contributed by atoms with Crippen molar-refractivity contribution < 1.29 is 18.9 Å². The van der Waals surface area contributed by atoms with Crippen molar-refractivity contribution in [2.45, 2.75) is 12.8 Å². The van der Waals surface area contributed by atoms with Crippen LogP contribution in [0.5, 0.6) is 17.2 Å². The molecule has 8 nitrogen and oxygen atoms in total. The van der Waals surface area contributed by atoms with Crippen LogP contribution in [0.1, 0.15) is 12.8 Å². The SMILES string of the molecule is COC[C@H]1CCCN(c2nncc(-c3cc(OC)c(OC)c(OC)c3)n2)C1. The van der Waals surface area contributed by atoms with E-state index < -0.39 is 0 Å². The van der Waals surface area contributed by atoms with Gasteiger partial charge in [0.1, 0.15) is 0 Å². The topological polar surface area (TPSA) is 78.8 Å². The Kier molecular flexibility index (Phi) is 6.28. The zero-order chi connectivity index (χ0) is 19.2. The van der Waals surface area contributed by atoms with E-state index in [1.165, 1.54) is 0 Å². The molecule has 2 aromatic rings. The lowest BCUT2D eigenvalue weighted by molar-refractivity contribution is 0.143. The molecule has 1 fully saturated rings. The number of nitrogens with zero attached hydrogens (tertiary/aromatic N) is 4. The van der Waals surface area contributed by atoms with Gasteiger partial charge in [0.2, 0.25) is 11.7 Å². The zero-order valence-electron chi connectivity index (χ0n) is 16.3. The zero-order valence-corrected chi connectivity index (χ0v) is 16.3. The summed E-state index contributed by atoms with van der Waals surface area (Å²) in [5.41, 5.74) is 1.53. The Hall–Kier alpha value is -2.61. The van der Waals surface area contributed by atoms with Gasteiger partial charge in [0.25, 0.3) is 0 Å². The maximum atomic E-state index is 5.44. The third kappa shape index (κ3) is 4.21. The second kappa shape index (κ2) is 8.85. The molecule has 0 aliphatic carbocycles. The molecule has 1 aromatic carbocycles. The van der Waals surface area contributed by atoms with Gasteiger partial charge in [-0.3, -0.25) is 0 Å². The molecule has 2 heterocycles. The van der Waals surface area contributed by atoms with Gasteiger partial charge >= 0.3 is 0 Å². The highest BCUT2D eigenvalue weighted by molar-refractivity contribution is 5.68. The molecule has 0 spiro atoms. The molecule has 1 saturated heterocycles. The predicted octanol–water partition coefficient (Wildman–Crippen LogP) is 2.43. The molecular weight excluding hydrogens is 348 g/mol. The molecule has 8 heteroatoms. The summed E-state index contributed by atoms with van der Waals surface area (Å²) >= 11 is 0. The van der Waals surface area contributed by atoms with Crippen LogP contribution in [0, 0.1) is 5.92 Å². The van der Waals surface area contributed by atoms with Crippen molar-refractivity contribution in [3.63, 3.8) is 0 Å². The van der Waals surface area contributed by atoms with E-state index in [0.29, 0.717) is 34.8 Å². The maximum absolute atomic E-state index is 5.44. The summed E-state index contributed by atoms with van der Waals surface area (Å²) in [6, 6.07) is 3.72. The fraction of sp³-hybridized carbons (Fsp3) is 0.526. The largest absolute Gasteiger partial charge is 0.493 e. The van der Waals surface area contributed by atoms with E-state index in [4.69, 9.17) is 23.9 Å². The summed E-state index contributed by atoms with van der Waals surface area (Å²) in [5.74, 6) is 2.80. The quantitative estimate of drug-likeness (QED) is 0.731. The summed E-state index contributed by atoms with van der Waals surface area (Å²) in [6.45, 7) is 2.53. The smallest absolute Gasteiger partial charge is 0.245 e. The van der Waals surface area contributed by atoms with Crippen molar-refractivity contribution in [1.29, 1.82) is 0 Å². The highest BCUT2D eigenvalue weighted by atomic mass is 16.5. The monoisotopic (exact) mass is 374 g/mol. The first-order chi connectivity index (χ1) is 13.2. The summed E-state index contributed by atoms with van der Waals surface area (Å²) in [5, 5.41) is 8.40. The standard InChI is InChI=1S/C19H26N4O4/c1-24-12-13-6-5-7-23(11-13)19-21-15(10-20-22-19)14-8-16(25-2)18(27-4)17(9-14)26-3/h8-10,13H,5-7,11-12H2,1-4H3/t13-/m0/s1. The molecule has 0 amide bonds. The van der Waals surface area contributed by atoms with E-state index in [0.717, 1.165) is 38.1 Å². The van der Waals surface area contributed by atoms with Gasteiger partial charge < -0.3 is 23.8 Å². The first-order valence-corrected chi connectivity index (χ1v) is 8.94. The molecule has 0 unspecified atom stereocenters. The van der Waals surface area contributed by atoms with Crippen molar-refractivity contribution in [2.75, 3.05) is 53.0 Å². The fourth-order valence-electron chi connectivity index (χ4n) is 3.41. The summed E-state index contributed by atoms with van der Waals surface area (Å²) in [4.78, 5) is 6.90. The molecule has 0 bridgehead atoms. The van der Waals surface area contributed by atoms with E-state index in [1.807, 2.05) is 12.1 Å². The van der Waals surface area contributed by atoms with E-state index in [2.05, 4.69) is 15.1 Å². The van der Waals surface area contributed by atoms with Crippen LogP contribution in [-0.4, -0.2) is 63.3 Å². The van der Waals surface area contributed by atoms with Crippen LogP contribution in [0.15, 0.2) is 18.3 Å². The first-order valence-electron chi connectivity index (χ1n) is 8.94. The minimum absolute atomic E-state index is 0.484. The number of ether oxygens (including phenoxy) is 4. The normalized spacial score (nSPS) is 16.9. The van der Waals surface area contributed by atoms with Crippen molar-refractivity contribution in [1.82, 2.24) is 15.2 Å². The highest BCUT2D eigenvalue weighted by Gasteiger charge is 2.23. The third-order valence-electron chi connectivity index (χ3n) is 4.71. The molecule has 0 saturated carbocycles. The van der Waals surface area contributed by atoms with Gasteiger partial charge in [-0.1, -0.05) is 0 Å². The minimum Gasteiger partial charge on any atom is -0.493 e. The Bertz CT molecular complexity index is 744. The van der Waals surface area contributed by atoms with Crippen LogP contribution in [0.2, 0.25) is 0 Å². The number of rotatable bonds is 7. The van der Waals surface area contributed by atoms with Gasteiger partial charge in [-0.15, -0.1) is 5.10 Å². The average Bonchev–Trinajstić information content (AvgIpc) is 2.73. The lowest BCUT2D eigenvalue weighted by atomic mass is 9.99. The van der Waals surface area contributed by atoms with E-state index in [1.54, 1.807) is 34.6 Å². The van der Waals surface area contributed by atoms with E-state index in [-0.39, 0.29) is 0 Å². The summed E-state index contributed by atoms with van der Waals surface area (Å²) in [6.07, 6.45) is 3.89. The van der Waals surface area contributed by atoms with Gasteiger partial charge in [-0.2, -0.15) is 5.10 Å². The molecular formula is C19H26N4O4. The number of hydrogen-bond acceptors (Lipinski definition) is 8. The lowest BCUT2D eigenvalue weighted by Crippen LogP contribution is -2.38. The second-order valence-electron chi connectivity index (χ2n) is 6.47. The second-order valence-corrected chi connectivity index (χ2v) is 6.47. The molecule has 1 aliphatic rings. The number of hydrogen-bond donors (Lipinski definition) is 0. The Balaban J connectivity index is 1.91. The van der Waals surface area contributed by atoms with Gasteiger partial charge in [0.05, 0.1) is 39.8 Å². The van der Waals surface area contributed by atoms with Crippen molar-refractivity contribution in [3.8, 4) is 28.5 Å². The third-order valence-corrected chi connectivity index (χ3v) is 4.71. The van der Waals surface area contributed by atoms with Crippen LogP contribution in [0.25, 0.3) is 11.3 Å². The molecule has 146 valence electrons. The molecule has 27 heavy (non-hydrogen) atoms.